The molecular formula is C8H9FO6S2. The fourth-order valence-electron chi connectivity index (χ4n) is 0.891. The van der Waals surface area contributed by atoms with E-state index in [0.717, 1.165) is 12.1 Å². The molecule has 1 rings (SSSR count). The van der Waals surface area contributed by atoms with E-state index in [9.17, 15) is 20.7 Å². The lowest BCUT2D eigenvalue weighted by Crippen LogP contribution is -2.12. The van der Waals surface area contributed by atoms with E-state index in [1.165, 1.54) is 19.1 Å². The van der Waals surface area contributed by atoms with E-state index in [-0.39, 0.29) is 5.75 Å². The highest BCUT2D eigenvalue weighted by atomic mass is 32.3. The second-order valence-corrected chi connectivity index (χ2v) is 5.67. The SMILES string of the molecule is CCS(=O)(=O)Oc1ccccc1OS(=O)(=O)F. The Labute approximate surface area is 98.5 Å². The number of rotatable bonds is 5. The van der Waals surface area contributed by atoms with Gasteiger partial charge in [0.15, 0.2) is 11.5 Å². The van der Waals surface area contributed by atoms with Crippen LogP contribution in [0.4, 0.5) is 3.89 Å². The van der Waals surface area contributed by atoms with E-state index in [2.05, 4.69) is 8.37 Å². The Balaban J connectivity index is 3.09. The summed E-state index contributed by atoms with van der Waals surface area (Å²) in [6.45, 7) is 1.34. The molecule has 0 radical (unpaired) electrons. The molecule has 0 spiro atoms. The van der Waals surface area contributed by atoms with Gasteiger partial charge in [-0.3, -0.25) is 0 Å². The van der Waals surface area contributed by atoms with Crippen LogP contribution in [-0.4, -0.2) is 22.6 Å². The third-order valence-corrected chi connectivity index (χ3v) is 3.13. The summed E-state index contributed by atoms with van der Waals surface area (Å²) >= 11 is 0. The van der Waals surface area contributed by atoms with Crippen LogP contribution in [0, 0.1) is 0 Å². The molecule has 0 aliphatic rings. The summed E-state index contributed by atoms with van der Waals surface area (Å²) in [5, 5.41) is 0. The smallest absolute Gasteiger partial charge is 0.378 e. The minimum atomic E-state index is -5.24. The Morgan fingerprint density at radius 1 is 1.06 bits per heavy atom. The van der Waals surface area contributed by atoms with Crippen molar-refractivity contribution in [1.82, 2.24) is 0 Å². The van der Waals surface area contributed by atoms with Gasteiger partial charge in [0.05, 0.1) is 5.75 Å². The van der Waals surface area contributed by atoms with Crippen LogP contribution in [0.5, 0.6) is 11.5 Å². The van der Waals surface area contributed by atoms with Crippen LogP contribution in [0.15, 0.2) is 24.3 Å². The van der Waals surface area contributed by atoms with Crippen molar-refractivity contribution in [1.29, 1.82) is 0 Å². The third kappa shape index (κ3) is 4.57. The van der Waals surface area contributed by atoms with Crippen LogP contribution >= 0.6 is 0 Å². The maximum absolute atomic E-state index is 12.3. The van der Waals surface area contributed by atoms with Gasteiger partial charge >= 0.3 is 20.6 Å². The van der Waals surface area contributed by atoms with Gasteiger partial charge in [0, 0.05) is 0 Å². The zero-order chi connectivity index (χ0) is 13.1. The van der Waals surface area contributed by atoms with Crippen molar-refractivity contribution in [2.24, 2.45) is 0 Å². The topological polar surface area (TPSA) is 86.7 Å². The largest absolute Gasteiger partial charge is 0.488 e. The van der Waals surface area contributed by atoms with Crippen molar-refractivity contribution in [3.8, 4) is 11.5 Å². The van der Waals surface area contributed by atoms with Crippen molar-refractivity contribution >= 4 is 20.6 Å². The molecule has 1 aromatic rings. The zero-order valence-electron chi connectivity index (χ0n) is 8.66. The molecule has 9 heteroatoms. The Bertz CT molecular complexity index is 592. The average molecular weight is 284 g/mol. The van der Waals surface area contributed by atoms with Crippen LogP contribution in [0.2, 0.25) is 0 Å². The summed E-state index contributed by atoms with van der Waals surface area (Å²) in [5.41, 5.74) is 0. The average Bonchev–Trinajstić information content (AvgIpc) is 2.19. The summed E-state index contributed by atoms with van der Waals surface area (Å²) in [6.07, 6.45) is 0. The number of halogens is 1. The first-order chi connectivity index (χ1) is 7.73. The van der Waals surface area contributed by atoms with Crippen LogP contribution in [0.1, 0.15) is 6.92 Å². The number of hydrogen-bond acceptors (Lipinski definition) is 6. The van der Waals surface area contributed by atoms with Crippen LogP contribution in [-0.2, 0) is 20.6 Å². The highest BCUT2D eigenvalue weighted by Crippen LogP contribution is 2.29. The Morgan fingerprint density at radius 3 is 1.94 bits per heavy atom. The molecule has 1 aromatic carbocycles. The first-order valence-corrected chi connectivity index (χ1v) is 7.27. The van der Waals surface area contributed by atoms with Crippen molar-refractivity contribution in [2.45, 2.75) is 6.92 Å². The predicted molar refractivity (Wildman–Crippen MR) is 57.2 cm³/mol. The fourth-order valence-corrected chi connectivity index (χ4v) is 1.77. The van der Waals surface area contributed by atoms with Gasteiger partial charge in [-0.15, -0.1) is 0 Å². The number of benzene rings is 1. The first kappa shape index (κ1) is 13.7. The van der Waals surface area contributed by atoms with Gasteiger partial charge < -0.3 is 8.37 Å². The minimum absolute atomic E-state index is 0.316. The van der Waals surface area contributed by atoms with Crippen LogP contribution < -0.4 is 8.37 Å². The van der Waals surface area contributed by atoms with E-state index < -0.39 is 32.1 Å². The van der Waals surface area contributed by atoms with Gasteiger partial charge in [-0.1, -0.05) is 16.0 Å². The van der Waals surface area contributed by atoms with Crippen molar-refractivity contribution < 1.29 is 29.1 Å². The lowest BCUT2D eigenvalue weighted by Gasteiger charge is -2.08. The monoisotopic (exact) mass is 284 g/mol. The normalized spacial score (nSPS) is 12.1. The second kappa shape index (κ2) is 4.88. The van der Waals surface area contributed by atoms with Crippen molar-refractivity contribution in [2.75, 3.05) is 5.75 Å². The van der Waals surface area contributed by atoms with E-state index in [0.29, 0.717) is 0 Å². The highest BCUT2D eigenvalue weighted by Gasteiger charge is 2.18. The number of hydrogen-bond donors (Lipinski definition) is 0. The predicted octanol–water partition coefficient (Wildman–Crippen LogP) is 1.01. The maximum atomic E-state index is 12.3. The second-order valence-electron chi connectivity index (χ2n) is 2.85. The van der Waals surface area contributed by atoms with E-state index >= 15 is 0 Å². The minimum Gasteiger partial charge on any atom is -0.378 e. The molecule has 0 amide bonds. The molecule has 0 heterocycles. The van der Waals surface area contributed by atoms with Crippen LogP contribution in [0.3, 0.4) is 0 Å². The van der Waals surface area contributed by atoms with Gasteiger partial charge in [0.25, 0.3) is 0 Å². The standard InChI is InChI=1S/C8H9FO6S2/c1-2-16(10,11)14-7-5-3-4-6-8(7)15-17(9,12)13/h3-6H,2H2,1H3. The highest BCUT2D eigenvalue weighted by molar-refractivity contribution is 7.87. The van der Waals surface area contributed by atoms with Gasteiger partial charge in [0.1, 0.15) is 0 Å². The summed E-state index contributed by atoms with van der Waals surface area (Å²) in [7, 11) is -9.08. The molecule has 0 fully saturated rings. The Hall–Kier alpha value is -1.35. The molecule has 0 saturated heterocycles. The lowest BCUT2D eigenvalue weighted by molar-refractivity contribution is 0.422. The Morgan fingerprint density at radius 2 is 1.53 bits per heavy atom. The van der Waals surface area contributed by atoms with Gasteiger partial charge in [-0.25, -0.2) is 0 Å². The van der Waals surface area contributed by atoms with Crippen molar-refractivity contribution in [3.63, 3.8) is 0 Å². The first-order valence-electron chi connectivity index (χ1n) is 4.39. The Kier molecular flexibility index (Phi) is 3.94. The molecule has 17 heavy (non-hydrogen) atoms. The van der Waals surface area contributed by atoms with Crippen molar-refractivity contribution in [3.05, 3.63) is 24.3 Å². The molecule has 0 saturated carbocycles. The molecule has 0 aromatic heterocycles. The van der Waals surface area contributed by atoms with Gasteiger partial charge in [0.2, 0.25) is 0 Å². The zero-order valence-corrected chi connectivity index (χ0v) is 10.3. The third-order valence-electron chi connectivity index (χ3n) is 1.61. The molecular weight excluding hydrogens is 275 g/mol. The maximum Gasteiger partial charge on any atom is 0.488 e. The summed E-state index contributed by atoms with van der Waals surface area (Å²) < 4.78 is 63.7. The fraction of sp³-hybridized carbons (Fsp3) is 0.250. The molecule has 0 bridgehead atoms. The summed E-state index contributed by atoms with van der Waals surface area (Å²) in [6, 6.07) is 4.94. The van der Waals surface area contributed by atoms with E-state index in [4.69, 9.17) is 0 Å². The summed E-state index contributed by atoms with van der Waals surface area (Å²) in [5.74, 6) is -1.24. The molecule has 0 aliphatic carbocycles. The quantitative estimate of drug-likeness (QED) is 0.592. The number of para-hydroxylation sites is 2. The molecule has 0 N–H and O–H groups in total. The molecule has 96 valence electrons. The molecule has 0 atom stereocenters. The van der Waals surface area contributed by atoms with E-state index in [1.54, 1.807) is 0 Å². The van der Waals surface area contributed by atoms with E-state index in [1.807, 2.05) is 0 Å². The van der Waals surface area contributed by atoms with Gasteiger partial charge in [-0.05, 0) is 19.1 Å². The summed E-state index contributed by atoms with van der Waals surface area (Å²) in [4.78, 5) is 0. The lowest BCUT2D eigenvalue weighted by atomic mass is 10.3. The van der Waals surface area contributed by atoms with Crippen LogP contribution in [0.25, 0.3) is 0 Å². The molecule has 0 unspecified atom stereocenters. The molecule has 0 aliphatic heterocycles. The molecule has 6 nitrogen and oxygen atoms in total. The van der Waals surface area contributed by atoms with Gasteiger partial charge in [-0.2, -0.15) is 16.8 Å².